The number of rotatable bonds is 8. The Kier molecular flexibility index (Phi) is 6.41. The van der Waals surface area contributed by atoms with E-state index < -0.39 is 6.61 Å². The van der Waals surface area contributed by atoms with Crippen molar-refractivity contribution in [3.05, 3.63) is 47.0 Å². The van der Waals surface area contributed by atoms with Gasteiger partial charge in [-0.2, -0.15) is 8.78 Å². The lowest BCUT2D eigenvalue weighted by Gasteiger charge is -2.14. The highest BCUT2D eigenvalue weighted by molar-refractivity contribution is 5.94. The average Bonchev–Trinajstić information content (AvgIpc) is 3.04. The van der Waals surface area contributed by atoms with Crippen LogP contribution < -0.4 is 24.3 Å². The predicted octanol–water partition coefficient (Wildman–Crippen LogP) is 3.95. The molecule has 1 amide bonds. The van der Waals surface area contributed by atoms with E-state index in [9.17, 15) is 13.6 Å². The third-order valence-corrected chi connectivity index (χ3v) is 4.46. The molecule has 6 nitrogen and oxygen atoms in total. The van der Waals surface area contributed by atoms with Crippen molar-refractivity contribution in [1.82, 2.24) is 5.32 Å². The first-order valence-electron chi connectivity index (χ1n) is 9.27. The molecule has 0 aliphatic carbocycles. The van der Waals surface area contributed by atoms with E-state index in [0.717, 1.165) is 23.3 Å². The Balaban J connectivity index is 1.74. The number of carbonyl (C=O) groups excluding carboxylic acids is 1. The maximum absolute atomic E-state index is 12.5. The minimum absolute atomic E-state index is 0.0490. The fraction of sp³-hybridized carbons (Fsp3) is 0.381. The number of benzene rings is 2. The quantitative estimate of drug-likeness (QED) is 0.718. The van der Waals surface area contributed by atoms with Crippen LogP contribution in [0.2, 0.25) is 0 Å². The summed E-state index contributed by atoms with van der Waals surface area (Å²) in [6, 6.07) is 7.85. The Morgan fingerprint density at radius 1 is 1.24 bits per heavy atom. The highest BCUT2D eigenvalue weighted by atomic mass is 19.3. The molecule has 1 atom stereocenters. The van der Waals surface area contributed by atoms with E-state index in [1.165, 1.54) is 25.3 Å². The molecule has 2 aromatic carbocycles. The lowest BCUT2D eigenvalue weighted by atomic mass is 10.1. The van der Waals surface area contributed by atoms with Crippen molar-refractivity contribution in [2.24, 2.45) is 0 Å². The van der Waals surface area contributed by atoms with Gasteiger partial charge in [0, 0.05) is 29.7 Å². The van der Waals surface area contributed by atoms with E-state index in [1.807, 2.05) is 26.0 Å². The standard InChI is InChI=1S/C21H23F2NO5/c1-4-27-17-9-14-7-12(2)28-18(14)10-15(17)11-24-20(25)13-5-6-16(29-21(22)23)19(8-13)26-3/h5-6,8-10,12,21H,4,7,11H2,1-3H3,(H,24,25)/t12-/m1/s1. The molecule has 0 fully saturated rings. The van der Waals surface area contributed by atoms with Crippen LogP contribution in [0, 0.1) is 0 Å². The lowest BCUT2D eigenvalue weighted by molar-refractivity contribution is -0.0512. The highest BCUT2D eigenvalue weighted by Crippen LogP contribution is 2.35. The number of carbonyl (C=O) groups is 1. The molecule has 0 spiro atoms. The van der Waals surface area contributed by atoms with Gasteiger partial charge < -0.3 is 24.3 Å². The van der Waals surface area contributed by atoms with Crippen molar-refractivity contribution in [3.8, 4) is 23.0 Å². The van der Waals surface area contributed by atoms with E-state index in [4.69, 9.17) is 14.2 Å². The fourth-order valence-corrected chi connectivity index (χ4v) is 3.19. The molecule has 0 bridgehead atoms. The number of nitrogens with one attached hydrogen (secondary N) is 1. The smallest absolute Gasteiger partial charge is 0.387 e. The zero-order chi connectivity index (χ0) is 21.0. The minimum atomic E-state index is -2.98. The normalized spacial score (nSPS) is 14.9. The summed E-state index contributed by atoms with van der Waals surface area (Å²) in [6.07, 6.45) is 0.917. The first kappa shape index (κ1) is 20.7. The summed E-state index contributed by atoms with van der Waals surface area (Å²) in [4.78, 5) is 12.5. The number of halogens is 2. The summed E-state index contributed by atoms with van der Waals surface area (Å²) >= 11 is 0. The summed E-state index contributed by atoms with van der Waals surface area (Å²) in [7, 11) is 1.31. The molecule has 0 saturated carbocycles. The minimum Gasteiger partial charge on any atom is -0.494 e. The van der Waals surface area contributed by atoms with Crippen LogP contribution in [0.25, 0.3) is 0 Å². The summed E-state index contributed by atoms with van der Waals surface area (Å²) in [5, 5.41) is 2.81. The molecule has 0 unspecified atom stereocenters. The van der Waals surface area contributed by atoms with Crippen molar-refractivity contribution in [3.63, 3.8) is 0 Å². The molecule has 1 N–H and O–H groups in total. The third kappa shape index (κ3) is 4.88. The summed E-state index contributed by atoms with van der Waals surface area (Å²) < 4.78 is 45.8. The van der Waals surface area contributed by atoms with E-state index in [-0.39, 0.29) is 35.6 Å². The molecule has 29 heavy (non-hydrogen) atoms. The summed E-state index contributed by atoms with van der Waals surface area (Å²) in [5.41, 5.74) is 2.13. The molecule has 2 aromatic rings. The van der Waals surface area contributed by atoms with Gasteiger partial charge in [-0.05, 0) is 44.2 Å². The van der Waals surface area contributed by atoms with Crippen LogP contribution in [0.5, 0.6) is 23.0 Å². The molecule has 1 aliphatic rings. The monoisotopic (exact) mass is 407 g/mol. The van der Waals surface area contributed by atoms with Crippen molar-refractivity contribution in [1.29, 1.82) is 0 Å². The molecule has 0 saturated heterocycles. The van der Waals surface area contributed by atoms with Crippen molar-refractivity contribution in [2.75, 3.05) is 13.7 Å². The zero-order valence-electron chi connectivity index (χ0n) is 16.5. The van der Waals surface area contributed by atoms with E-state index in [1.54, 1.807) is 0 Å². The second kappa shape index (κ2) is 8.98. The number of amides is 1. The van der Waals surface area contributed by atoms with Crippen LogP contribution in [0.4, 0.5) is 8.78 Å². The Morgan fingerprint density at radius 2 is 2.03 bits per heavy atom. The van der Waals surface area contributed by atoms with Gasteiger partial charge in [0.1, 0.15) is 17.6 Å². The number of fused-ring (bicyclic) bond motifs is 1. The lowest BCUT2D eigenvalue weighted by Crippen LogP contribution is -2.23. The van der Waals surface area contributed by atoms with Crippen LogP contribution in [0.1, 0.15) is 35.3 Å². The number of methoxy groups -OCH3 is 1. The predicted molar refractivity (Wildman–Crippen MR) is 102 cm³/mol. The van der Waals surface area contributed by atoms with E-state index in [0.29, 0.717) is 12.4 Å². The first-order chi connectivity index (χ1) is 13.9. The van der Waals surface area contributed by atoms with Gasteiger partial charge >= 0.3 is 6.61 Å². The first-order valence-corrected chi connectivity index (χ1v) is 9.27. The highest BCUT2D eigenvalue weighted by Gasteiger charge is 2.22. The maximum Gasteiger partial charge on any atom is 0.387 e. The van der Waals surface area contributed by atoms with Crippen LogP contribution in [-0.4, -0.2) is 32.3 Å². The molecule has 0 radical (unpaired) electrons. The average molecular weight is 407 g/mol. The molecule has 8 heteroatoms. The van der Waals surface area contributed by atoms with Gasteiger partial charge in [0.05, 0.1) is 13.7 Å². The maximum atomic E-state index is 12.5. The Bertz CT molecular complexity index is 888. The van der Waals surface area contributed by atoms with Crippen LogP contribution in [0.15, 0.2) is 30.3 Å². The molecule has 1 aliphatic heterocycles. The number of alkyl halides is 2. The topological polar surface area (TPSA) is 66.0 Å². The zero-order valence-corrected chi connectivity index (χ0v) is 16.5. The molecule has 0 aromatic heterocycles. The second-order valence-corrected chi connectivity index (χ2v) is 6.56. The van der Waals surface area contributed by atoms with Crippen LogP contribution in [-0.2, 0) is 13.0 Å². The van der Waals surface area contributed by atoms with Gasteiger partial charge in [-0.25, -0.2) is 0 Å². The summed E-state index contributed by atoms with van der Waals surface area (Å²) in [6.45, 7) is 1.63. The Hall–Kier alpha value is -3.03. The number of ether oxygens (including phenoxy) is 4. The second-order valence-electron chi connectivity index (χ2n) is 6.56. The van der Waals surface area contributed by atoms with Gasteiger partial charge in [0.25, 0.3) is 5.91 Å². The van der Waals surface area contributed by atoms with Crippen molar-refractivity contribution < 1.29 is 32.5 Å². The number of hydrogen-bond acceptors (Lipinski definition) is 5. The van der Waals surface area contributed by atoms with Gasteiger partial charge in [-0.15, -0.1) is 0 Å². The summed E-state index contributed by atoms with van der Waals surface area (Å²) in [5.74, 6) is 1.02. The fourth-order valence-electron chi connectivity index (χ4n) is 3.19. The SMILES string of the molecule is CCOc1cc2c(cc1CNC(=O)c1ccc(OC(F)F)c(OC)c1)O[C@H](C)C2. The van der Waals surface area contributed by atoms with Gasteiger partial charge in [-0.1, -0.05) is 0 Å². The molecular formula is C21H23F2NO5. The van der Waals surface area contributed by atoms with E-state index >= 15 is 0 Å². The molecular weight excluding hydrogens is 384 g/mol. The Labute approximate surface area is 167 Å². The van der Waals surface area contributed by atoms with Crippen molar-refractivity contribution >= 4 is 5.91 Å². The van der Waals surface area contributed by atoms with Gasteiger partial charge in [0.15, 0.2) is 11.5 Å². The molecule has 3 rings (SSSR count). The largest absolute Gasteiger partial charge is 0.494 e. The van der Waals surface area contributed by atoms with Crippen LogP contribution in [0.3, 0.4) is 0 Å². The van der Waals surface area contributed by atoms with Crippen molar-refractivity contribution in [2.45, 2.75) is 39.5 Å². The molecule has 156 valence electrons. The molecule has 1 heterocycles. The van der Waals surface area contributed by atoms with Gasteiger partial charge in [0.2, 0.25) is 0 Å². The third-order valence-electron chi connectivity index (χ3n) is 4.46. The Morgan fingerprint density at radius 3 is 2.72 bits per heavy atom. The van der Waals surface area contributed by atoms with E-state index in [2.05, 4.69) is 10.1 Å². The number of hydrogen-bond donors (Lipinski definition) is 1. The van der Waals surface area contributed by atoms with Crippen LogP contribution >= 0.6 is 0 Å². The van der Waals surface area contributed by atoms with Gasteiger partial charge in [-0.3, -0.25) is 4.79 Å².